The summed E-state index contributed by atoms with van der Waals surface area (Å²) in [7, 11) is 0. The van der Waals surface area contributed by atoms with E-state index in [4.69, 9.17) is 5.73 Å². The van der Waals surface area contributed by atoms with E-state index in [1.54, 1.807) is 23.7 Å². The lowest BCUT2D eigenvalue weighted by atomic mass is 10.1. The molecule has 2 aromatic rings. The molecule has 2 aromatic heterocycles. The van der Waals surface area contributed by atoms with Gasteiger partial charge in [0.2, 0.25) is 5.91 Å². The van der Waals surface area contributed by atoms with E-state index < -0.39 is 0 Å². The summed E-state index contributed by atoms with van der Waals surface area (Å²) < 4.78 is 0. The van der Waals surface area contributed by atoms with Crippen molar-refractivity contribution >= 4 is 23.2 Å². The number of guanidine groups is 1. The molecule has 4 N–H and O–H groups in total. The number of imidazole rings is 1. The summed E-state index contributed by atoms with van der Waals surface area (Å²) in [5, 5.41) is 4.65. The number of nitrogens with two attached hydrogens (primary N) is 1. The number of carbonyl (C=O) groups is 1. The van der Waals surface area contributed by atoms with Crippen molar-refractivity contribution < 1.29 is 4.79 Å². The molecule has 6 nitrogen and oxygen atoms in total. The van der Waals surface area contributed by atoms with Crippen LogP contribution < -0.4 is 11.1 Å². The fourth-order valence-corrected chi connectivity index (χ4v) is 2.85. The monoisotopic (exact) mass is 319 g/mol. The minimum atomic E-state index is -0.104. The number of nitrogens with one attached hydrogen (secondary N) is 2. The summed E-state index contributed by atoms with van der Waals surface area (Å²) in [5.41, 5.74) is 5.73. The highest BCUT2D eigenvalue weighted by atomic mass is 32.1. The van der Waals surface area contributed by atoms with Gasteiger partial charge in [0.05, 0.1) is 0 Å². The van der Waals surface area contributed by atoms with Crippen LogP contribution in [0.3, 0.4) is 0 Å². The zero-order chi connectivity index (χ0) is 15.8. The topological polar surface area (TPSA) is 96.2 Å². The smallest absolute Gasteiger partial charge is 0.227 e. The van der Waals surface area contributed by atoms with Gasteiger partial charge in [-0.25, -0.2) is 4.98 Å². The molecular formula is C15H21N5OS. The summed E-state index contributed by atoms with van der Waals surface area (Å²) >= 11 is 1.66. The van der Waals surface area contributed by atoms with E-state index in [0.717, 1.165) is 18.7 Å². The lowest BCUT2D eigenvalue weighted by molar-refractivity contribution is -0.120. The van der Waals surface area contributed by atoms with E-state index in [2.05, 4.69) is 20.3 Å². The molecule has 7 heteroatoms. The number of aromatic amines is 1. The fourth-order valence-electron chi connectivity index (χ4n) is 2.06. The summed E-state index contributed by atoms with van der Waals surface area (Å²) in [6, 6.07) is 4.03. The second kappa shape index (κ2) is 8.33. The number of hydrogen-bond acceptors (Lipinski definition) is 4. The number of aliphatic imine (C=N–C) groups is 1. The lowest BCUT2D eigenvalue weighted by Crippen LogP contribution is -2.37. The maximum Gasteiger partial charge on any atom is 0.227 e. The maximum absolute atomic E-state index is 11.9. The van der Waals surface area contributed by atoms with E-state index >= 15 is 0 Å². The van der Waals surface area contributed by atoms with Gasteiger partial charge in [-0.05, 0) is 23.8 Å². The molecule has 0 aromatic carbocycles. The lowest BCUT2D eigenvalue weighted by Gasteiger charge is -2.09. The first-order valence-corrected chi connectivity index (χ1v) is 8.14. The molecule has 2 rings (SSSR count). The minimum Gasteiger partial charge on any atom is -0.370 e. The molecule has 0 bridgehead atoms. The van der Waals surface area contributed by atoms with Crippen LogP contribution in [0.25, 0.3) is 0 Å². The van der Waals surface area contributed by atoms with Crippen molar-refractivity contribution in [2.45, 2.75) is 32.1 Å². The third-order valence-electron chi connectivity index (χ3n) is 3.20. The number of aryl methyl sites for hydroxylation is 1. The van der Waals surface area contributed by atoms with E-state index in [1.807, 2.05) is 24.4 Å². The van der Waals surface area contributed by atoms with Crippen LogP contribution in [0.15, 0.2) is 34.9 Å². The fraction of sp³-hybridized carbons (Fsp3) is 0.400. The predicted molar refractivity (Wildman–Crippen MR) is 88.9 cm³/mol. The Balaban J connectivity index is 1.67. The Morgan fingerprint density at radius 2 is 2.45 bits per heavy atom. The van der Waals surface area contributed by atoms with Crippen LogP contribution >= 0.6 is 11.3 Å². The Kier molecular flexibility index (Phi) is 6.14. The summed E-state index contributed by atoms with van der Waals surface area (Å²) in [6.45, 7) is 2.59. The van der Waals surface area contributed by atoms with E-state index in [0.29, 0.717) is 13.0 Å². The number of aromatic nitrogens is 2. The Morgan fingerprint density at radius 1 is 1.59 bits per heavy atom. The van der Waals surface area contributed by atoms with Gasteiger partial charge in [-0.15, -0.1) is 11.3 Å². The number of H-pyrrole nitrogens is 1. The summed E-state index contributed by atoms with van der Waals surface area (Å²) in [4.78, 5) is 24.4. The van der Waals surface area contributed by atoms with Crippen molar-refractivity contribution in [3.8, 4) is 0 Å². The van der Waals surface area contributed by atoms with E-state index in [9.17, 15) is 4.79 Å². The van der Waals surface area contributed by atoms with E-state index in [-0.39, 0.29) is 17.8 Å². The van der Waals surface area contributed by atoms with Crippen LogP contribution in [-0.2, 0) is 11.2 Å². The molecule has 118 valence electrons. The molecule has 1 amide bonds. The molecule has 22 heavy (non-hydrogen) atoms. The number of thiophene rings is 1. The third kappa shape index (κ3) is 5.33. The third-order valence-corrected chi connectivity index (χ3v) is 4.30. The highest BCUT2D eigenvalue weighted by molar-refractivity contribution is 7.10. The molecule has 0 radical (unpaired) electrons. The normalized spacial score (nSPS) is 13.0. The second-order valence-electron chi connectivity index (χ2n) is 5.08. The Morgan fingerprint density at radius 3 is 3.14 bits per heavy atom. The van der Waals surface area contributed by atoms with Crippen LogP contribution in [0.4, 0.5) is 0 Å². The Labute approximate surface area is 133 Å². The average Bonchev–Trinajstić information content (AvgIpc) is 3.16. The molecular weight excluding hydrogens is 298 g/mol. The van der Waals surface area contributed by atoms with Crippen LogP contribution in [-0.4, -0.2) is 28.4 Å². The molecule has 2 heterocycles. The highest BCUT2D eigenvalue weighted by Gasteiger charge is 2.12. The number of rotatable bonds is 7. The van der Waals surface area contributed by atoms with Crippen molar-refractivity contribution in [1.29, 1.82) is 0 Å². The first kappa shape index (κ1) is 16.2. The predicted octanol–water partition coefficient (Wildman–Crippen LogP) is 2.03. The zero-order valence-electron chi connectivity index (χ0n) is 12.6. The zero-order valence-corrected chi connectivity index (χ0v) is 13.4. The first-order valence-electron chi connectivity index (χ1n) is 7.26. The van der Waals surface area contributed by atoms with Crippen LogP contribution in [0.1, 0.15) is 36.4 Å². The molecule has 0 saturated heterocycles. The molecule has 0 saturated carbocycles. The second-order valence-corrected chi connectivity index (χ2v) is 6.05. The molecule has 1 atom stereocenters. The van der Waals surface area contributed by atoms with Crippen LogP contribution in [0, 0.1) is 0 Å². The molecule has 0 aliphatic rings. The maximum atomic E-state index is 11.9. The number of amides is 1. The van der Waals surface area contributed by atoms with Gasteiger partial charge in [0.15, 0.2) is 5.96 Å². The summed E-state index contributed by atoms with van der Waals surface area (Å²) in [6.07, 6.45) is 5.57. The van der Waals surface area contributed by atoms with Gasteiger partial charge in [0.25, 0.3) is 0 Å². The van der Waals surface area contributed by atoms with Crippen LogP contribution in [0.5, 0.6) is 0 Å². The number of carbonyl (C=O) groups excluding carboxylic acids is 1. The van der Waals surface area contributed by atoms with Crippen molar-refractivity contribution in [2.24, 2.45) is 10.7 Å². The van der Waals surface area contributed by atoms with Gasteiger partial charge in [-0.3, -0.25) is 15.1 Å². The van der Waals surface area contributed by atoms with Gasteiger partial charge in [-0.2, -0.15) is 0 Å². The Hall–Kier alpha value is -2.15. The van der Waals surface area contributed by atoms with Gasteiger partial charge >= 0.3 is 0 Å². The van der Waals surface area contributed by atoms with Gasteiger partial charge < -0.3 is 10.7 Å². The van der Waals surface area contributed by atoms with Crippen molar-refractivity contribution in [2.75, 3.05) is 6.54 Å². The number of hydrogen-bond donors (Lipinski definition) is 3. The van der Waals surface area contributed by atoms with Crippen molar-refractivity contribution in [3.05, 3.63) is 40.6 Å². The van der Waals surface area contributed by atoms with Crippen molar-refractivity contribution in [1.82, 2.24) is 15.3 Å². The standard InChI is InChI=1S/C15H21N5OS/c1-11(12-4-3-9-22-12)10-14(21)20-15(16)19-6-2-5-13-17-7-8-18-13/h3-4,7-9,11H,2,5-6,10H2,1H3,(H,17,18)(H3,16,19,20,21). The highest BCUT2D eigenvalue weighted by Crippen LogP contribution is 2.23. The van der Waals surface area contributed by atoms with E-state index in [1.165, 1.54) is 4.88 Å². The molecule has 0 aliphatic heterocycles. The Bertz CT molecular complexity index is 591. The largest absolute Gasteiger partial charge is 0.370 e. The SMILES string of the molecule is CC(CC(=O)NC(N)=NCCCc1ncc[nH]1)c1cccs1. The molecule has 0 fully saturated rings. The van der Waals surface area contributed by atoms with Gasteiger partial charge in [-0.1, -0.05) is 13.0 Å². The molecule has 0 spiro atoms. The molecule has 1 unspecified atom stereocenters. The minimum absolute atomic E-state index is 0.104. The average molecular weight is 319 g/mol. The number of nitrogens with zero attached hydrogens (tertiary/aromatic N) is 2. The van der Waals surface area contributed by atoms with Gasteiger partial charge in [0, 0.05) is 36.7 Å². The van der Waals surface area contributed by atoms with Gasteiger partial charge in [0.1, 0.15) is 5.82 Å². The first-order chi connectivity index (χ1) is 10.6. The quantitative estimate of drug-likeness (QED) is 0.414. The summed E-state index contributed by atoms with van der Waals surface area (Å²) in [5.74, 6) is 1.20. The van der Waals surface area contributed by atoms with Crippen molar-refractivity contribution in [3.63, 3.8) is 0 Å². The molecule has 0 aliphatic carbocycles. The van der Waals surface area contributed by atoms with Crippen LogP contribution in [0.2, 0.25) is 0 Å².